The molecule has 0 bridgehead atoms. The van der Waals surface area contributed by atoms with Crippen LogP contribution in [0.2, 0.25) is 5.02 Å². The van der Waals surface area contributed by atoms with Gasteiger partial charge < -0.3 is 15.8 Å². The summed E-state index contributed by atoms with van der Waals surface area (Å²) < 4.78 is 6.47. The molecule has 3 nitrogen and oxygen atoms in total. The average molecular weight is 356 g/mol. The first-order valence-electron chi connectivity index (χ1n) is 6.34. The number of rotatable bonds is 5. The number of hydrogen-bond acceptors (Lipinski definition) is 3. The average Bonchev–Trinajstić information content (AvgIpc) is 2.40. The number of benzene rings is 2. The molecule has 0 saturated carbocycles. The van der Waals surface area contributed by atoms with Crippen LogP contribution in [0.15, 0.2) is 40.9 Å². The summed E-state index contributed by atoms with van der Waals surface area (Å²) in [5, 5.41) is 3.92. The lowest BCUT2D eigenvalue weighted by molar-refractivity contribution is 0.318. The Balaban J connectivity index is 2.19. The lowest BCUT2D eigenvalue weighted by Gasteiger charge is -2.11. The van der Waals surface area contributed by atoms with E-state index >= 15 is 0 Å². The van der Waals surface area contributed by atoms with E-state index in [-0.39, 0.29) is 0 Å². The fourth-order valence-corrected chi connectivity index (χ4v) is 2.17. The first kappa shape index (κ1) is 15.0. The highest BCUT2D eigenvalue weighted by atomic mass is 79.9. The quantitative estimate of drug-likeness (QED) is 0.723. The van der Waals surface area contributed by atoms with Crippen LogP contribution in [0.25, 0.3) is 0 Å². The van der Waals surface area contributed by atoms with Crippen LogP contribution in [0.4, 0.5) is 17.1 Å². The van der Waals surface area contributed by atoms with E-state index in [4.69, 9.17) is 22.1 Å². The van der Waals surface area contributed by atoms with Gasteiger partial charge in [0, 0.05) is 33.7 Å². The van der Waals surface area contributed by atoms with Crippen molar-refractivity contribution in [3.63, 3.8) is 0 Å². The zero-order chi connectivity index (χ0) is 14.5. The molecule has 106 valence electrons. The minimum Gasteiger partial charge on any atom is -0.493 e. The number of hydrogen-bond donors (Lipinski definition) is 2. The van der Waals surface area contributed by atoms with Gasteiger partial charge in [-0.2, -0.15) is 0 Å². The minimum atomic E-state index is 0.654. The fraction of sp³-hybridized carbons (Fsp3) is 0.200. The third-order valence-corrected chi connectivity index (χ3v) is 3.84. The third kappa shape index (κ3) is 4.05. The molecule has 2 rings (SSSR count). The molecule has 3 N–H and O–H groups in total. The SMILES string of the molecule is CCCOc1cc(N)cc(Nc2ccc(Br)c(Cl)c2)c1. The molecule has 20 heavy (non-hydrogen) atoms. The lowest BCUT2D eigenvalue weighted by Crippen LogP contribution is -1.98. The standard InChI is InChI=1S/C15H16BrClN2O/c1-2-5-20-13-7-10(18)6-12(8-13)19-11-3-4-14(16)15(17)9-11/h3-4,6-9,19H,2,5,18H2,1H3. The van der Waals surface area contributed by atoms with Crippen molar-refractivity contribution in [3.05, 3.63) is 45.9 Å². The molecule has 0 amide bonds. The van der Waals surface area contributed by atoms with Gasteiger partial charge in [-0.1, -0.05) is 18.5 Å². The Hall–Kier alpha value is -1.39. The van der Waals surface area contributed by atoms with Crippen LogP contribution in [0.1, 0.15) is 13.3 Å². The number of halogens is 2. The minimum absolute atomic E-state index is 0.654. The van der Waals surface area contributed by atoms with E-state index in [1.165, 1.54) is 0 Å². The third-order valence-electron chi connectivity index (χ3n) is 2.61. The Morgan fingerprint density at radius 2 is 2.00 bits per heavy atom. The maximum absolute atomic E-state index is 6.07. The number of anilines is 3. The summed E-state index contributed by atoms with van der Waals surface area (Å²) in [6, 6.07) is 11.3. The fourth-order valence-electron chi connectivity index (χ4n) is 1.74. The van der Waals surface area contributed by atoms with Gasteiger partial charge in [0.25, 0.3) is 0 Å². The molecule has 0 fully saturated rings. The van der Waals surface area contributed by atoms with Crippen LogP contribution in [0.3, 0.4) is 0 Å². The second-order valence-corrected chi connectivity index (χ2v) is 5.65. The summed E-state index contributed by atoms with van der Waals surface area (Å²) >= 11 is 9.44. The van der Waals surface area contributed by atoms with E-state index in [2.05, 4.69) is 28.2 Å². The van der Waals surface area contributed by atoms with Crippen molar-refractivity contribution in [2.24, 2.45) is 0 Å². The summed E-state index contributed by atoms with van der Waals surface area (Å²) in [5.74, 6) is 0.762. The Labute approximate surface area is 132 Å². The molecule has 0 saturated heterocycles. The largest absolute Gasteiger partial charge is 0.493 e. The molecular weight excluding hydrogens is 340 g/mol. The molecule has 0 heterocycles. The van der Waals surface area contributed by atoms with Gasteiger partial charge in [-0.25, -0.2) is 0 Å². The molecule has 5 heteroatoms. The van der Waals surface area contributed by atoms with Crippen LogP contribution in [0.5, 0.6) is 5.75 Å². The first-order chi connectivity index (χ1) is 9.58. The van der Waals surface area contributed by atoms with Gasteiger partial charge in [-0.15, -0.1) is 0 Å². The summed E-state index contributed by atoms with van der Waals surface area (Å²) in [6.45, 7) is 2.74. The summed E-state index contributed by atoms with van der Waals surface area (Å²) in [6.07, 6.45) is 0.958. The zero-order valence-electron chi connectivity index (χ0n) is 11.1. The monoisotopic (exact) mass is 354 g/mol. The van der Waals surface area contributed by atoms with E-state index in [1.807, 2.05) is 36.4 Å². The van der Waals surface area contributed by atoms with Gasteiger partial charge in [0.15, 0.2) is 0 Å². The number of ether oxygens (including phenoxy) is 1. The highest BCUT2D eigenvalue weighted by molar-refractivity contribution is 9.10. The molecule has 0 aliphatic rings. The van der Waals surface area contributed by atoms with Gasteiger partial charge in [-0.3, -0.25) is 0 Å². The summed E-state index contributed by atoms with van der Waals surface area (Å²) in [7, 11) is 0. The predicted molar refractivity (Wildman–Crippen MR) is 89.1 cm³/mol. The maximum Gasteiger partial charge on any atom is 0.123 e. The topological polar surface area (TPSA) is 47.3 Å². The number of nitrogens with two attached hydrogens (primary N) is 1. The molecular formula is C15H16BrClN2O. The molecule has 2 aromatic rings. The van der Waals surface area contributed by atoms with Gasteiger partial charge in [-0.05, 0) is 46.6 Å². The normalized spacial score (nSPS) is 10.3. The van der Waals surface area contributed by atoms with E-state index < -0.39 is 0 Å². The van der Waals surface area contributed by atoms with Crippen molar-refractivity contribution >= 4 is 44.6 Å². The van der Waals surface area contributed by atoms with Crippen LogP contribution in [-0.2, 0) is 0 Å². The van der Waals surface area contributed by atoms with Crippen molar-refractivity contribution in [1.82, 2.24) is 0 Å². The van der Waals surface area contributed by atoms with E-state index in [0.717, 1.165) is 28.0 Å². The Morgan fingerprint density at radius 1 is 1.20 bits per heavy atom. The number of nitrogens with one attached hydrogen (secondary N) is 1. The molecule has 0 aliphatic carbocycles. The van der Waals surface area contributed by atoms with Gasteiger partial charge in [0.1, 0.15) is 5.75 Å². The maximum atomic E-state index is 6.07. The Bertz CT molecular complexity index is 604. The highest BCUT2D eigenvalue weighted by Gasteiger charge is 2.03. The lowest BCUT2D eigenvalue weighted by atomic mass is 10.2. The van der Waals surface area contributed by atoms with Crippen molar-refractivity contribution < 1.29 is 4.74 Å². The van der Waals surface area contributed by atoms with Crippen molar-refractivity contribution in [2.45, 2.75) is 13.3 Å². The van der Waals surface area contributed by atoms with Crippen LogP contribution < -0.4 is 15.8 Å². The van der Waals surface area contributed by atoms with Gasteiger partial charge in [0.2, 0.25) is 0 Å². The molecule has 0 aromatic heterocycles. The van der Waals surface area contributed by atoms with Crippen molar-refractivity contribution in [1.29, 1.82) is 0 Å². The smallest absolute Gasteiger partial charge is 0.123 e. The molecule has 0 atom stereocenters. The predicted octanol–water partition coefficient (Wildman–Crippen LogP) is 5.22. The van der Waals surface area contributed by atoms with Crippen LogP contribution in [-0.4, -0.2) is 6.61 Å². The Morgan fingerprint density at radius 3 is 2.70 bits per heavy atom. The van der Waals surface area contributed by atoms with Gasteiger partial charge in [0.05, 0.1) is 11.6 Å². The molecule has 0 unspecified atom stereocenters. The Kier molecular flexibility index (Phi) is 5.15. The van der Waals surface area contributed by atoms with Crippen LogP contribution in [0, 0.1) is 0 Å². The van der Waals surface area contributed by atoms with Crippen LogP contribution >= 0.6 is 27.5 Å². The summed E-state index contributed by atoms with van der Waals surface area (Å²) in [5.41, 5.74) is 8.31. The number of nitrogen functional groups attached to an aromatic ring is 1. The highest BCUT2D eigenvalue weighted by Crippen LogP contribution is 2.29. The van der Waals surface area contributed by atoms with Crippen molar-refractivity contribution in [2.75, 3.05) is 17.7 Å². The second kappa shape index (κ2) is 6.86. The van der Waals surface area contributed by atoms with Gasteiger partial charge >= 0.3 is 0 Å². The zero-order valence-corrected chi connectivity index (χ0v) is 13.5. The van der Waals surface area contributed by atoms with Crippen molar-refractivity contribution in [3.8, 4) is 5.75 Å². The molecule has 0 aliphatic heterocycles. The molecule has 2 aromatic carbocycles. The van der Waals surface area contributed by atoms with E-state index in [0.29, 0.717) is 17.3 Å². The summed E-state index contributed by atoms with van der Waals surface area (Å²) in [4.78, 5) is 0. The second-order valence-electron chi connectivity index (χ2n) is 4.39. The van der Waals surface area contributed by atoms with E-state index in [1.54, 1.807) is 0 Å². The molecule has 0 spiro atoms. The molecule has 0 radical (unpaired) electrons. The first-order valence-corrected chi connectivity index (χ1v) is 7.51. The van der Waals surface area contributed by atoms with E-state index in [9.17, 15) is 0 Å².